The van der Waals surface area contributed by atoms with Gasteiger partial charge in [0.25, 0.3) is 11.8 Å². The summed E-state index contributed by atoms with van der Waals surface area (Å²) >= 11 is 2.04. The minimum absolute atomic E-state index is 0.107. The minimum atomic E-state index is -1.01. The maximum Gasteiger partial charge on any atom is 0.414 e. The van der Waals surface area contributed by atoms with Crippen molar-refractivity contribution in [3.8, 4) is 5.75 Å². The van der Waals surface area contributed by atoms with Gasteiger partial charge in [0.1, 0.15) is 11.9 Å². The van der Waals surface area contributed by atoms with E-state index in [1.807, 2.05) is 22.6 Å². The Morgan fingerprint density at radius 2 is 1.83 bits per heavy atom. The van der Waals surface area contributed by atoms with E-state index in [2.05, 4.69) is 5.32 Å². The van der Waals surface area contributed by atoms with Crippen molar-refractivity contribution < 1.29 is 29.4 Å². The molecule has 0 aliphatic rings. The van der Waals surface area contributed by atoms with Gasteiger partial charge in [-0.15, -0.1) is 0 Å². The van der Waals surface area contributed by atoms with Gasteiger partial charge in [0, 0.05) is 26.7 Å². The molecule has 0 fully saturated rings. The molecule has 2 atom stereocenters. The Bertz CT molecular complexity index is 916. The molecule has 152 valence electrons. The zero-order chi connectivity index (χ0) is 21.4. The third-order valence-corrected chi connectivity index (χ3v) is 4.59. The summed E-state index contributed by atoms with van der Waals surface area (Å²) in [7, 11) is 0. The van der Waals surface area contributed by atoms with Gasteiger partial charge in [0.15, 0.2) is 0 Å². The smallest absolute Gasteiger partial charge is 0.414 e. The Morgan fingerprint density at radius 3 is 2.48 bits per heavy atom. The third kappa shape index (κ3) is 6.57. The van der Waals surface area contributed by atoms with E-state index >= 15 is 0 Å². The van der Waals surface area contributed by atoms with E-state index in [1.54, 1.807) is 49.4 Å². The van der Waals surface area contributed by atoms with E-state index in [-0.39, 0.29) is 11.3 Å². The predicted molar refractivity (Wildman–Crippen MR) is 112 cm³/mol. The number of hydroxylamine groups is 1. The van der Waals surface area contributed by atoms with Gasteiger partial charge in [0.05, 0.1) is 0 Å². The zero-order valence-electron chi connectivity index (χ0n) is 15.3. The van der Waals surface area contributed by atoms with Crippen molar-refractivity contribution >= 4 is 40.5 Å². The first kappa shape index (κ1) is 22.4. The number of halogens is 1. The Hall–Kier alpha value is -2.92. The molecule has 3 amide bonds. The summed E-state index contributed by atoms with van der Waals surface area (Å²) in [5.74, 6) is -2.08. The second kappa shape index (κ2) is 10.6. The molecule has 2 aromatic carbocycles. The van der Waals surface area contributed by atoms with E-state index in [0.29, 0.717) is 5.56 Å². The third-order valence-electron chi connectivity index (χ3n) is 3.92. The highest BCUT2D eigenvalue weighted by Gasteiger charge is 2.26. The second-order valence-corrected chi connectivity index (χ2v) is 7.29. The number of ether oxygens (including phenoxy) is 1. The van der Waals surface area contributed by atoms with E-state index in [0.717, 1.165) is 9.65 Å². The summed E-state index contributed by atoms with van der Waals surface area (Å²) in [6.07, 6.45) is 0.464. The Balaban J connectivity index is 2.23. The molecule has 0 saturated heterocycles. The summed E-state index contributed by atoms with van der Waals surface area (Å²) in [6, 6.07) is 12.9. The lowest BCUT2D eigenvalue weighted by Crippen LogP contribution is -2.33. The molecule has 0 bridgehead atoms. The lowest BCUT2D eigenvalue weighted by Gasteiger charge is -2.23. The van der Waals surface area contributed by atoms with Gasteiger partial charge < -0.3 is 9.84 Å². The predicted octanol–water partition coefficient (Wildman–Crippen LogP) is 3.30. The molecule has 29 heavy (non-hydrogen) atoms. The molecule has 0 aromatic heterocycles. The van der Waals surface area contributed by atoms with Crippen LogP contribution in [0.25, 0.3) is 0 Å². The standard InChI is InChI=1S/C20H19IN2O6/c1-12(7-10-17(25)23-28)18(15-11-14(21)8-9-16(15)24)29-20(27)22-19(26)13-5-3-2-4-6-13/h2-12,18,24,28H,1H3,(H,23,25)(H,22,26,27)/b10-7+/t12-,18+/m1/s1. The molecule has 4 N–H and O–H groups in total. The average Bonchev–Trinajstić information content (AvgIpc) is 2.72. The van der Waals surface area contributed by atoms with Gasteiger partial charge in [-0.25, -0.2) is 10.3 Å². The van der Waals surface area contributed by atoms with Gasteiger partial charge in [-0.1, -0.05) is 31.2 Å². The van der Waals surface area contributed by atoms with Crippen molar-refractivity contribution in [2.24, 2.45) is 5.92 Å². The molecule has 0 radical (unpaired) electrons. The van der Waals surface area contributed by atoms with E-state index in [9.17, 15) is 19.5 Å². The topological polar surface area (TPSA) is 125 Å². The highest BCUT2D eigenvalue weighted by atomic mass is 127. The molecule has 0 spiro atoms. The van der Waals surface area contributed by atoms with Crippen LogP contribution in [0.2, 0.25) is 0 Å². The van der Waals surface area contributed by atoms with E-state index < -0.39 is 29.9 Å². The highest BCUT2D eigenvalue weighted by molar-refractivity contribution is 14.1. The van der Waals surface area contributed by atoms with Crippen molar-refractivity contribution in [2.45, 2.75) is 13.0 Å². The van der Waals surface area contributed by atoms with Crippen LogP contribution in [-0.2, 0) is 9.53 Å². The number of alkyl carbamates (subject to hydrolysis) is 1. The van der Waals surface area contributed by atoms with Crippen molar-refractivity contribution in [2.75, 3.05) is 0 Å². The average molecular weight is 510 g/mol. The van der Waals surface area contributed by atoms with E-state index in [1.165, 1.54) is 17.6 Å². The SMILES string of the molecule is C[C@H](/C=C/C(=O)NO)[C@H](OC(=O)NC(=O)c1ccccc1)c1cc(I)ccc1O. The van der Waals surface area contributed by atoms with Crippen LogP contribution in [0.4, 0.5) is 4.79 Å². The number of hydrogen-bond acceptors (Lipinski definition) is 6. The van der Waals surface area contributed by atoms with Crippen LogP contribution in [0.3, 0.4) is 0 Å². The number of rotatable bonds is 6. The number of phenolic OH excluding ortho intramolecular Hbond substituents is 1. The van der Waals surface area contributed by atoms with Gasteiger partial charge >= 0.3 is 6.09 Å². The summed E-state index contributed by atoms with van der Waals surface area (Å²) in [5, 5.41) is 21.0. The normalized spacial score (nSPS) is 12.8. The van der Waals surface area contributed by atoms with Crippen molar-refractivity contribution in [3.05, 3.63) is 75.4 Å². The van der Waals surface area contributed by atoms with Crippen LogP contribution in [0.1, 0.15) is 28.9 Å². The number of amides is 3. The number of phenols is 1. The molecule has 8 nitrogen and oxygen atoms in total. The number of carbonyl (C=O) groups is 3. The summed E-state index contributed by atoms with van der Waals surface area (Å²) < 4.78 is 6.20. The minimum Gasteiger partial charge on any atom is -0.508 e. The molecule has 9 heteroatoms. The van der Waals surface area contributed by atoms with Crippen LogP contribution >= 0.6 is 22.6 Å². The first-order chi connectivity index (χ1) is 13.8. The molecule has 0 saturated carbocycles. The van der Waals surface area contributed by atoms with Crippen LogP contribution in [0, 0.1) is 9.49 Å². The quantitative estimate of drug-likeness (QED) is 0.205. The number of imide groups is 1. The molecular formula is C20H19IN2O6. The lowest BCUT2D eigenvalue weighted by atomic mass is 9.96. The fourth-order valence-electron chi connectivity index (χ4n) is 2.48. The molecule has 2 rings (SSSR count). The Kier molecular flexibility index (Phi) is 8.16. The van der Waals surface area contributed by atoms with Crippen LogP contribution < -0.4 is 10.8 Å². The number of benzene rings is 2. The van der Waals surface area contributed by atoms with Gasteiger partial charge in [-0.3, -0.25) is 20.1 Å². The summed E-state index contributed by atoms with van der Waals surface area (Å²) in [6.45, 7) is 1.65. The maximum atomic E-state index is 12.3. The van der Waals surface area contributed by atoms with Gasteiger partial charge in [0.2, 0.25) is 0 Å². The largest absolute Gasteiger partial charge is 0.508 e. The number of hydrogen-bond donors (Lipinski definition) is 4. The summed E-state index contributed by atoms with van der Waals surface area (Å²) in [4.78, 5) is 35.7. The van der Waals surface area contributed by atoms with Crippen LogP contribution in [0.15, 0.2) is 60.7 Å². The first-order valence-corrected chi connectivity index (χ1v) is 9.57. The fraction of sp³-hybridized carbons (Fsp3) is 0.150. The maximum absolute atomic E-state index is 12.3. The van der Waals surface area contributed by atoms with Gasteiger partial charge in [-0.2, -0.15) is 0 Å². The molecule has 0 aliphatic heterocycles. The van der Waals surface area contributed by atoms with Crippen molar-refractivity contribution in [1.29, 1.82) is 0 Å². The number of carbonyl (C=O) groups excluding carboxylic acids is 3. The molecular weight excluding hydrogens is 491 g/mol. The zero-order valence-corrected chi connectivity index (χ0v) is 17.5. The van der Waals surface area contributed by atoms with Crippen LogP contribution in [0.5, 0.6) is 5.75 Å². The summed E-state index contributed by atoms with van der Waals surface area (Å²) in [5.41, 5.74) is 2.05. The number of nitrogens with one attached hydrogen (secondary N) is 2. The molecule has 0 unspecified atom stereocenters. The Labute approximate surface area is 180 Å². The molecule has 2 aromatic rings. The second-order valence-electron chi connectivity index (χ2n) is 6.04. The lowest BCUT2D eigenvalue weighted by molar-refractivity contribution is -0.124. The molecule has 0 heterocycles. The van der Waals surface area contributed by atoms with Crippen LogP contribution in [-0.4, -0.2) is 28.2 Å². The van der Waals surface area contributed by atoms with Gasteiger partial charge in [-0.05, 0) is 52.9 Å². The highest BCUT2D eigenvalue weighted by Crippen LogP contribution is 2.34. The van der Waals surface area contributed by atoms with Crippen molar-refractivity contribution in [3.63, 3.8) is 0 Å². The molecule has 0 aliphatic carbocycles. The van der Waals surface area contributed by atoms with Crippen molar-refractivity contribution in [1.82, 2.24) is 10.8 Å². The van der Waals surface area contributed by atoms with E-state index in [4.69, 9.17) is 9.94 Å². The Morgan fingerprint density at radius 1 is 1.14 bits per heavy atom. The number of aromatic hydroxyl groups is 1. The fourth-order valence-corrected chi connectivity index (χ4v) is 3.00. The first-order valence-electron chi connectivity index (χ1n) is 8.49. The monoisotopic (exact) mass is 510 g/mol.